The van der Waals surface area contributed by atoms with Gasteiger partial charge in [0, 0.05) is 12.7 Å². The van der Waals surface area contributed by atoms with Crippen molar-refractivity contribution in [1.82, 2.24) is 19.7 Å². The lowest BCUT2D eigenvalue weighted by Gasteiger charge is -2.03. The number of rotatable bonds is 5. The average molecular weight is 294 g/mol. The highest BCUT2D eigenvalue weighted by atomic mass is 32.2. The number of H-pyrrole nitrogens is 1. The zero-order valence-electron chi connectivity index (χ0n) is 11.1. The second kappa shape index (κ2) is 6.38. The first-order valence-electron chi connectivity index (χ1n) is 6.12. The largest absolute Gasteiger partial charge is 0.462 e. The van der Waals surface area contributed by atoms with Crippen LogP contribution in [0.15, 0.2) is 33.3 Å². The number of nitrogens with one attached hydrogen (secondary N) is 1. The molecule has 0 aromatic carbocycles. The first-order valence-corrected chi connectivity index (χ1v) is 6.93. The molecule has 0 bridgehead atoms. The first-order chi connectivity index (χ1) is 9.65. The molecule has 0 aliphatic rings. The molecule has 0 unspecified atom stereocenters. The predicted molar refractivity (Wildman–Crippen MR) is 72.8 cm³/mol. The van der Waals surface area contributed by atoms with E-state index in [0.717, 1.165) is 0 Å². The number of aromatic nitrogens is 4. The third-order valence-corrected chi connectivity index (χ3v) is 3.43. The van der Waals surface area contributed by atoms with Gasteiger partial charge in [0.15, 0.2) is 5.16 Å². The third kappa shape index (κ3) is 3.08. The van der Waals surface area contributed by atoms with Crippen LogP contribution in [0.25, 0.3) is 0 Å². The van der Waals surface area contributed by atoms with E-state index in [4.69, 9.17) is 4.74 Å². The summed E-state index contributed by atoms with van der Waals surface area (Å²) >= 11 is 1.25. The summed E-state index contributed by atoms with van der Waals surface area (Å²) in [7, 11) is 0. The maximum atomic E-state index is 11.5. The van der Waals surface area contributed by atoms with E-state index in [2.05, 4.69) is 15.2 Å². The molecule has 7 nitrogen and oxygen atoms in total. The highest BCUT2D eigenvalue weighted by Gasteiger charge is 2.11. The van der Waals surface area contributed by atoms with Crippen LogP contribution in [0.3, 0.4) is 0 Å². The lowest BCUT2D eigenvalue weighted by atomic mass is 10.3. The molecular formula is C12H14N4O3S. The molecule has 2 heterocycles. The topological polar surface area (TPSA) is 89.9 Å². The molecule has 2 aromatic rings. The minimum absolute atomic E-state index is 0.252. The number of hydrogen-bond acceptors (Lipinski definition) is 6. The van der Waals surface area contributed by atoms with Gasteiger partial charge in [0.2, 0.25) is 0 Å². The van der Waals surface area contributed by atoms with Crippen molar-refractivity contribution < 1.29 is 9.53 Å². The molecular weight excluding hydrogens is 280 g/mol. The maximum absolute atomic E-state index is 11.5. The van der Waals surface area contributed by atoms with E-state index in [1.54, 1.807) is 19.1 Å². The number of aromatic amines is 1. The Morgan fingerprint density at radius 2 is 2.25 bits per heavy atom. The van der Waals surface area contributed by atoms with E-state index in [1.807, 2.05) is 6.92 Å². The van der Waals surface area contributed by atoms with Crippen molar-refractivity contribution in [1.29, 1.82) is 0 Å². The molecule has 0 radical (unpaired) electrons. The van der Waals surface area contributed by atoms with Crippen molar-refractivity contribution in [2.24, 2.45) is 0 Å². The lowest BCUT2D eigenvalue weighted by molar-refractivity contribution is 0.0525. The summed E-state index contributed by atoms with van der Waals surface area (Å²) in [5, 5.41) is 7.50. The van der Waals surface area contributed by atoms with E-state index in [9.17, 15) is 9.59 Å². The third-order valence-electron chi connectivity index (χ3n) is 2.48. The second-order valence-electron chi connectivity index (χ2n) is 3.76. The summed E-state index contributed by atoms with van der Waals surface area (Å²) in [6, 6.07) is 3.32. The molecule has 106 valence electrons. The van der Waals surface area contributed by atoms with E-state index in [1.165, 1.54) is 22.5 Å². The molecule has 2 rings (SSSR count). The molecule has 0 aliphatic heterocycles. The highest BCUT2D eigenvalue weighted by Crippen LogP contribution is 2.22. The average Bonchev–Trinajstić information content (AvgIpc) is 2.80. The Morgan fingerprint density at radius 1 is 1.45 bits per heavy atom. The fraction of sp³-hybridized carbons (Fsp3) is 0.333. The maximum Gasteiger partial charge on any atom is 0.343 e. The summed E-state index contributed by atoms with van der Waals surface area (Å²) in [6.07, 6.45) is 1.45. The zero-order valence-corrected chi connectivity index (χ0v) is 11.9. The van der Waals surface area contributed by atoms with Crippen LogP contribution in [0.4, 0.5) is 0 Å². The van der Waals surface area contributed by atoms with E-state index < -0.39 is 5.97 Å². The minimum Gasteiger partial charge on any atom is -0.462 e. The molecule has 0 spiro atoms. The Morgan fingerprint density at radius 3 is 2.85 bits per heavy atom. The van der Waals surface area contributed by atoms with Gasteiger partial charge in [-0.25, -0.2) is 19.7 Å². The number of nitrogens with zero attached hydrogens (tertiary/aromatic N) is 3. The van der Waals surface area contributed by atoms with Crippen LogP contribution in [-0.4, -0.2) is 32.3 Å². The van der Waals surface area contributed by atoms with Crippen molar-refractivity contribution in [3.63, 3.8) is 0 Å². The first kappa shape index (κ1) is 14.3. The molecule has 8 heteroatoms. The molecule has 0 saturated carbocycles. The van der Waals surface area contributed by atoms with Crippen LogP contribution in [0.5, 0.6) is 0 Å². The molecule has 1 N–H and O–H groups in total. The molecule has 20 heavy (non-hydrogen) atoms. The van der Waals surface area contributed by atoms with Crippen LogP contribution in [0.2, 0.25) is 0 Å². The Bertz CT molecular complexity index is 647. The van der Waals surface area contributed by atoms with Crippen molar-refractivity contribution in [3.05, 3.63) is 34.4 Å². The highest BCUT2D eigenvalue weighted by molar-refractivity contribution is 7.99. The Labute approximate surface area is 119 Å². The van der Waals surface area contributed by atoms with E-state index in [-0.39, 0.29) is 5.69 Å². The summed E-state index contributed by atoms with van der Waals surface area (Å²) in [5.74, 6) is -0.401. The van der Waals surface area contributed by atoms with Crippen LogP contribution in [0.1, 0.15) is 24.2 Å². The fourth-order valence-electron chi connectivity index (χ4n) is 1.53. The van der Waals surface area contributed by atoms with Gasteiger partial charge in [-0.3, -0.25) is 4.57 Å². The molecule has 0 atom stereocenters. The van der Waals surface area contributed by atoms with Crippen LogP contribution < -0.4 is 5.69 Å². The SMILES string of the molecule is CCOC(=O)c1ccc(Sc2n[nH]c(=O)n2CC)nc1. The smallest absolute Gasteiger partial charge is 0.343 e. The van der Waals surface area contributed by atoms with Crippen molar-refractivity contribution in [2.45, 2.75) is 30.6 Å². The molecule has 0 saturated heterocycles. The predicted octanol–water partition coefficient (Wildman–Crippen LogP) is 1.31. The Balaban J connectivity index is 2.14. The molecule has 2 aromatic heterocycles. The number of esters is 1. The summed E-state index contributed by atoms with van der Waals surface area (Å²) < 4.78 is 6.38. The summed E-state index contributed by atoms with van der Waals surface area (Å²) in [5.41, 5.74) is 0.143. The van der Waals surface area contributed by atoms with Crippen molar-refractivity contribution in [2.75, 3.05) is 6.61 Å². The second-order valence-corrected chi connectivity index (χ2v) is 4.75. The van der Waals surface area contributed by atoms with Gasteiger partial charge < -0.3 is 4.74 Å². The van der Waals surface area contributed by atoms with E-state index >= 15 is 0 Å². The Kier molecular flexibility index (Phi) is 4.57. The molecule has 0 aliphatic carbocycles. The summed E-state index contributed by atoms with van der Waals surface area (Å²) in [4.78, 5) is 27.1. The van der Waals surface area contributed by atoms with Crippen LogP contribution >= 0.6 is 11.8 Å². The monoisotopic (exact) mass is 294 g/mol. The van der Waals surface area contributed by atoms with Gasteiger partial charge in [0.05, 0.1) is 12.2 Å². The van der Waals surface area contributed by atoms with Gasteiger partial charge >= 0.3 is 11.7 Å². The van der Waals surface area contributed by atoms with Gasteiger partial charge in [-0.05, 0) is 37.7 Å². The summed E-state index contributed by atoms with van der Waals surface area (Å²) in [6.45, 7) is 4.46. The van der Waals surface area contributed by atoms with Crippen molar-refractivity contribution >= 4 is 17.7 Å². The Hall–Kier alpha value is -2.09. The number of hydrogen-bond donors (Lipinski definition) is 1. The number of pyridine rings is 1. The van der Waals surface area contributed by atoms with Crippen molar-refractivity contribution in [3.8, 4) is 0 Å². The van der Waals surface area contributed by atoms with Crippen LogP contribution in [-0.2, 0) is 11.3 Å². The fourth-order valence-corrected chi connectivity index (χ4v) is 2.37. The van der Waals surface area contributed by atoms with Gasteiger partial charge in [-0.2, -0.15) is 0 Å². The van der Waals surface area contributed by atoms with E-state index in [0.29, 0.717) is 28.9 Å². The molecule has 0 fully saturated rings. The van der Waals surface area contributed by atoms with Gasteiger partial charge in [0.1, 0.15) is 5.03 Å². The molecule has 0 amide bonds. The quantitative estimate of drug-likeness (QED) is 0.836. The van der Waals surface area contributed by atoms with Crippen LogP contribution in [0, 0.1) is 0 Å². The standard InChI is InChI=1S/C12H14N4O3S/c1-3-16-11(18)14-15-12(16)20-9-6-5-8(7-13-9)10(17)19-4-2/h5-7H,3-4H2,1-2H3,(H,14,18). The zero-order chi connectivity index (χ0) is 14.5. The lowest BCUT2D eigenvalue weighted by Crippen LogP contribution is -2.16. The number of ether oxygens (including phenoxy) is 1. The van der Waals surface area contributed by atoms with Gasteiger partial charge in [-0.15, -0.1) is 5.10 Å². The van der Waals surface area contributed by atoms with Gasteiger partial charge in [-0.1, -0.05) is 0 Å². The number of carbonyl (C=O) groups is 1. The van der Waals surface area contributed by atoms with Gasteiger partial charge in [0.25, 0.3) is 0 Å². The normalized spacial score (nSPS) is 10.5. The minimum atomic E-state index is -0.401. The number of carbonyl (C=O) groups excluding carboxylic acids is 1.